The van der Waals surface area contributed by atoms with E-state index in [9.17, 15) is 4.79 Å². The number of carbonyl (C=O) groups is 1. The first-order valence-electron chi connectivity index (χ1n) is 6.46. The highest BCUT2D eigenvalue weighted by molar-refractivity contribution is 7.14. The molecule has 2 heterocycles. The van der Waals surface area contributed by atoms with Crippen LogP contribution in [0.5, 0.6) is 0 Å². The van der Waals surface area contributed by atoms with Crippen LogP contribution in [-0.2, 0) is 12.8 Å². The van der Waals surface area contributed by atoms with Crippen LogP contribution in [0.15, 0.2) is 6.07 Å². The normalized spacial score (nSPS) is 23.4. The van der Waals surface area contributed by atoms with E-state index in [1.807, 2.05) is 0 Å². The average molecular weight is 250 g/mol. The Bertz CT molecular complexity index is 400. The van der Waals surface area contributed by atoms with E-state index in [1.54, 1.807) is 11.3 Å². The van der Waals surface area contributed by atoms with Gasteiger partial charge >= 0.3 is 0 Å². The fourth-order valence-electron chi connectivity index (χ4n) is 2.67. The van der Waals surface area contributed by atoms with Gasteiger partial charge in [0.2, 0.25) is 0 Å². The summed E-state index contributed by atoms with van der Waals surface area (Å²) in [5, 5.41) is 6.45. The van der Waals surface area contributed by atoms with Crippen LogP contribution >= 0.6 is 11.3 Å². The van der Waals surface area contributed by atoms with E-state index in [-0.39, 0.29) is 5.91 Å². The van der Waals surface area contributed by atoms with Gasteiger partial charge in [-0.1, -0.05) is 0 Å². The fourth-order valence-corrected chi connectivity index (χ4v) is 3.83. The van der Waals surface area contributed by atoms with Crippen LogP contribution in [0.1, 0.15) is 39.4 Å². The molecule has 1 aliphatic heterocycles. The van der Waals surface area contributed by atoms with Crippen LogP contribution in [0.2, 0.25) is 0 Å². The fraction of sp³-hybridized carbons (Fsp3) is 0.615. The Morgan fingerprint density at radius 3 is 3.12 bits per heavy atom. The highest BCUT2D eigenvalue weighted by atomic mass is 32.1. The van der Waals surface area contributed by atoms with Crippen molar-refractivity contribution in [3.8, 4) is 0 Å². The first-order valence-corrected chi connectivity index (χ1v) is 7.28. The Hall–Kier alpha value is -0.870. The third-order valence-electron chi connectivity index (χ3n) is 3.60. The lowest BCUT2D eigenvalue weighted by atomic mass is 10.1. The highest BCUT2D eigenvalue weighted by Crippen LogP contribution is 2.30. The molecular weight excluding hydrogens is 232 g/mol. The summed E-state index contributed by atoms with van der Waals surface area (Å²) >= 11 is 1.69. The van der Waals surface area contributed by atoms with Crippen LogP contribution in [0.25, 0.3) is 0 Å². The van der Waals surface area contributed by atoms with Gasteiger partial charge in [-0.2, -0.15) is 0 Å². The first-order chi connectivity index (χ1) is 8.33. The number of piperidine rings is 1. The third-order valence-corrected chi connectivity index (χ3v) is 4.84. The van der Waals surface area contributed by atoms with Crippen molar-refractivity contribution in [3.63, 3.8) is 0 Å². The van der Waals surface area contributed by atoms with Crippen LogP contribution in [0.3, 0.4) is 0 Å². The maximum Gasteiger partial charge on any atom is 0.261 e. The topological polar surface area (TPSA) is 41.1 Å². The summed E-state index contributed by atoms with van der Waals surface area (Å²) in [6.45, 7) is 2.00. The van der Waals surface area contributed by atoms with Crippen molar-refractivity contribution in [1.82, 2.24) is 10.6 Å². The summed E-state index contributed by atoms with van der Waals surface area (Å²) in [7, 11) is 0. The Kier molecular flexibility index (Phi) is 3.16. The molecule has 1 amide bonds. The molecule has 0 aromatic carbocycles. The predicted octanol–water partition coefficient (Wildman–Crippen LogP) is 1.72. The molecule has 1 atom stereocenters. The second-order valence-electron chi connectivity index (χ2n) is 4.93. The number of fused-ring (bicyclic) bond motifs is 1. The molecule has 0 spiro atoms. The second-order valence-corrected chi connectivity index (χ2v) is 6.07. The lowest BCUT2D eigenvalue weighted by molar-refractivity contribution is 0.0934. The highest BCUT2D eigenvalue weighted by Gasteiger charge is 2.21. The zero-order valence-corrected chi connectivity index (χ0v) is 10.7. The van der Waals surface area contributed by atoms with Gasteiger partial charge in [0.15, 0.2) is 0 Å². The van der Waals surface area contributed by atoms with Gasteiger partial charge in [-0.05, 0) is 50.3 Å². The maximum absolute atomic E-state index is 12.1. The zero-order valence-electron chi connectivity index (χ0n) is 9.92. The molecule has 4 heteroatoms. The summed E-state index contributed by atoms with van der Waals surface area (Å²) in [5.41, 5.74) is 1.40. The second kappa shape index (κ2) is 4.78. The van der Waals surface area contributed by atoms with Crippen LogP contribution < -0.4 is 10.6 Å². The van der Waals surface area contributed by atoms with Gasteiger partial charge < -0.3 is 10.6 Å². The Balaban J connectivity index is 1.64. The van der Waals surface area contributed by atoms with Gasteiger partial charge in [0.25, 0.3) is 5.91 Å². The molecule has 2 N–H and O–H groups in total. The van der Waals surface area contributed by atoms with Crippen LogP contribution in [0.4, 0.5) is 0 Å². The molecule has 1 aliphatic carbocycles. The van der Waals surface area contributed by atoms with Gasteiger partial charge in [-0.3, -0.25) is 4.79 Å². The molecule has 0 unspecified atom stereocenters. The molecule has 3 rings (SSSR count). The van der Waals surface area contributed by atoms with Crippen molar-refractivity contribution in [2.75, 3.05) is 13.1 Å². The monoisotopic (exact) mass is 250 g/mol. The number of thiophene rings is 1. The van der Waals surface area contributed by atoms with Gasteiger partial charge in [-0.25, -0.2) is 0 Å². The van der Waals surface area contributed by atoms with Crippen molar-refractivity contribution in [1.29, 1.82) is 0 Å². The van der Waals surface area contributed by atoms with Crippen LogP contribution in [0, 0.1) is 0 Å². The SMILES string of the molecule is O=C(N[C@H]1CCCNC1)c1cc2c(s1)CCC2. The zero-order chi connectivity index (χ0) is 11.7. The number of hydrogen-bond acceptors (Lipinski definition) is 3. The number of rotatable bonds is 2. The maximum atomic E-state index is 12.1. The number of aryl methyl sites for hydroxylation is 2. The van der Waals surface area contributed by atoms with Crippen molar-refractivity contribution in [3.05, 3.63) is 21.4 Å². The molecule has 1 saturated heterocycles. The minimum atomic E-state index is 0.123. The van der Waals surface area contributed by atoms with Gasteiger partial charge in [0.05, 0.1) is 4.88 Å². The number of carbonyl (C=O) groups excluding carboxylic acids is 1. The molecule has 92 valence electrons. The molecule has 17 heavy (non-hydrogen) atoms. The average Bonchev–Trinajstić information content (AvgIpc) is 2.90. The molecule has 3 nitrogen and oxygen atoms in total. The molecule has 2 aliphatic rings. The minimum Gasteiger partial charge on any atom is -0.347 e. The molecule has 1 fully saturated rings. The smallest absolute Gasteiger partial charge is 0.261 e. The molecule has 1 aromatic heterocycles. The predicted molar refractivity (Wildman–Crippen MR) is 69.7 cm³/mol. The summed E-state index contributed by atoms with van der Waals surface area (Å²) in [6, 6.07) is 2.41. The third kappa shape index (κ3) is 2.38. The van der Waals surface area contributed by atoms with E-state index in [1.165, 1.54) is 16.9 Å². The summed E-state index contributed by atoms with van der Waals surface area (Å²) in [5.74, 6) is 0.123. The molecule has 1 aromatic rings. The van der Waals surface area contributed by atoms with Crippen molar-refractivity contribution in [2.24, 2.45) is 0 Å². The first kappa shape index (κ1) is 11.2. The lowest BCUT2D eigenvalue weighted by Gasteiger charge is -2.23. The number of nitrogens with one attached hydrogen (secondary N) is 2. The quantitative estimate of drug-likeness (QED) is 0.839. The van der Waals surface area contributed by atoms with Crippen molar-refractivity contribution in [2.45, 2.75) is 38.1 Å². The van der Waals surface area contributed by atoms with Crippen molar-refractivity contribution < 1.29 is 4.79 Å². The minimum absolute atomic E-state index is 0.123. The van der Waals surface area contributed by atoms with Gasteiger partial charge in [-0.15, -0.1) is 11.3 Å². The summed E-state index contributed by atoms with van der Waals surface area (Å²) < 4.78 is 0. The van der Waals surface area contributed by atoms with E-state index in [2.05, 4.69) is 16.7 Å². The largest absolute Gasteiger partial charge is 0.347 e. The van der Waals surface area contributed by atoms with E-state index >= 15 is 0 Å². The molecule has 0 radical (unpaired) electrons. The lowest BCUT2D eigenvalue weighted by Crippen LogP contribution is -2.45. The van der Waals surface area contributed by atoms with Gasteiger partial charge in [0, 0.05) is 17.5 Å². The van der Waals surface area contributed by atoms with E-state index in [4.69, 9.17) is 0 Å². The van der Waals surface area contributed by atoms with Crippen molar-refractivity contribution >= 4 is 17.2 Å². The molecule has 0 bridgehead atoms. The summed E-state index contributed by atoms with van der Waals surface area (Å²) in [6.07, 6.45) is 5.84. The van der Waals surface area contributed by atoms with E-state index in [0.717, 1.165) is 43.6 Å². The van der Waals surface area contributed by atoms with Crippen LogP contribution in [-0.4, -0.2) is 25.0 Å². The number of amides is 1. The Morgan fingerprint density at radius 2 is 2.35 bits per heavy atom. The molecular formula is C13H18N2OS. The standard InChI is InChI=1S/C13H18N2OS/c16-13(15-10-4-2-6-14-8-10)12-7-9-3-1-5-11(9)17-12/h7,10,14H,1-6,8H2,(H,15,16)/t10-/m0/s1. The van der Waals surface area contributed by atoms with E-state index < -0.39 is 0 Å². The van der Waals surface area contributed by atoms with E-state index in [0.29, 0.717) is 6.04 Å². The molecule has 0 saturated carbocycles. The summed E-state index contributed by atoms with van der Waals surface area (Å²) in [4.78, 5) is 14.4. The van der Waals surface area contributed by atoms with Gasteiger partial charge in [0.1, 0.15) is 0 Å². The Morgan fingerprint density at radius 1 is 1.41 bits per heavy atom. The Labute approximate surface area is 106 Å². The number of hydrogen-bond donors (Lipinski definition) is 2.